The van der Waals surface area contributed by atoms with Crippen LogP contribution in [0.3, 0.4) is 0 Å². The zero-order chi connectivity index (χ0) is 18.8. The van der Waals surface area contributed by atoms with Gasteiger partial charge in [0, 0.05) is 5.56 Å². The number of nitrogens with zero attached hydrogens (tertiary/aromatic N) is 2. The zero-order valence-corrected chi connectivity index (χ0v) is 16.3. The van der Waals surface area contributed by atoms with Gasteiger partial charge in [0.15, 0.2) is 11.0 Å². The minimum absolute atomic E-state index is 0.213. The van der Waals surface area contributed by atoms with Crippen molar-refractivity contribution < 1.29 is 4.74 Å². The Morgan fingerprint density at radius 2 is 1.85 bits per heavy atom. The second-order valence-electron chi connectivity index (χ2n) is 6.27. The van der Waals surface area contributed by atoms with Crippen molar-refractivity contribution in [3.05, 3.63) is 33.2 Å². The summed E-state index contributed by atoms with van der Waals surface area (Å²) in [6.45, 7) is 6.83. The summed E-state index contributed by atoms with van der Waals surface area (Å²) in [4.78, 5) is 9.42. The largest absolute Gasteiger partial charge is 0.493 e. The van der Waals surface area contributed by atoms with E-state index in [1.165, 1.54) is 22.5 Å². The number of nitrogen functional groups attached to an aromatic ring is 2. The molecule has 0 atom stereocenters. The van der Waals surface area contributed by atoms with Crippen LogP contribution in [0.5, 0.6) is 5.75 Å². The van der Waals surface area contributed by atoms with Crippen molar-refractivity contribution in [3.63, 3.8) is 0 Å². The van der Waals surface area contributed by atoms with Crippen molar-refractivity contribution in [2.45, 2.75) is 46.5 Å². The number of rotatable bonds is 7. The highest BCUT2D eigenvalue weighted by Gasteiger charge is 2.32. The molecule has 0 unspecified atom stereocenters. The van der Waals surface area contributed by atoms with E-state index in [9.17, 15) is 0 Å². The van der Waals surface area contributed by atoms with Crippen LogP contribution in [-0.4, -0.2) is 23.1 Å². The average molecular weight is 372 g/mol. The summed E-state index contributed by atoms with van der Waals surface area (Å²) in [6.07, 6.45) is 3.94. The fourth-order valence-corrected chi connectivity index (χ4v) is 4.20. The molecule has 1 aromatic carbocycles. The number of aromatic nitrogens is 1. The van der Waals surface area contributed by atoms with E-state index < -0.39 is 0 Å². The monoisotopic (exact) mass is 371 g/mol. The molecule has 0 amide bonds. The van der Waals surface area contributed by atoms with Crippen LogP contribution in [-0.2, 0) is 12.8 Å². The number of ether oxygens (including phenoxy) is 1. The molecule has 5 N–H and O–H groups in total. The number of nitrogens with one attached hydrogen (secondary N) is 1. The SMILES string of the molecule is CCCc1cc(OCC)c2c(c1CCC)C(c1sc(N)nc1N)=NC2=N. The number of fused-ring (bicyclic) bond motifs is 1. The molecule has 1 aromatic heterocycles. The molecule has 0 bridgehead atoms. The molecular weight excluding hydrogens is 346 g/mol. The highest BCUT2D eigenvalue weighted by atomic mass is 32.1. The van der Waals surface area contributed by atoms with Gasteiger partial charge in [0.1, 0.15) is 11.6 Å². The van der Waals surface area contributed by atoms with Gasteiger partial charge in [0.05, 0.1) is 22.8 Å². The van der Waals surface area contributed by atoms with Crippen LogP contribution in [0.1, 0.15) is 60.7 Å². The fraction of sp³-hybridized carbons (Fsp3) is 0.421. The van der Waals surface area contributed by atoms with Gasteiger partial charge in [-0.25, -0.2) is 9.98 Å². The zero-order valence-electron chi connectivity index (χ0n) is 15.5. The van der Waals surface area contributed by atoms with Crippen LogP contribution in [0.2, 0.25) is 0 Å². The Bertz CT molecular complexity index is 885. The van der Waals surface area contributed by atoms with Crippen LogP contribution in [0.15, 0.2) is 11.1 Å². The molecule has 0 aliphatic carbocycles. The molecule has 0 saturated carbocycles. The topological polar surface area (TPSA) is 110 Å². The molecule has 2 heterocycles. The van der Waals surface area contributed by atoms with E-state index in [4.69, 9.17) is 21.6 Å². The van der Waals surface area contributed by atoms with Crippen LogP contribution in [0.25, 0.3) is 0 Å². The first kappa shape index (κ1) is 18.4. The number of anilines is 2. The Morgan fingerprint density at radius 3 is 2.42 bits per heavy atom. The Hall–Kier alpha value is -2.41. The molecule has 1 aliphatic rings. The number of benzene rings is 1. The van der Waals surface area contributed by atoms with Gasteiger partial charge in [-0.3, -0.25) is 5.41 Å². The lowest BCUT2D eigenvalue weighted by atomic mass is 9.88. The summed E-state index contributed by atoms with van der Waals surface area (Å²) >= 11 is 1.32. The van der Waals surface area contributed by atoms with E-state index in [1.807, 2.05) is 6.92 Å². The van der Waals surface area contributed by atoms with Crippen LogP contribution >= 0.6 is 11.3 Å². The predicted molar refractivity (Wildman–Crippen MR) is 109 cm³/mol. The van der Waals surface area contributed by atoms with E-state index in [-0.39, 0.29) is 5.84 Å². The molecule has 138 valence electrons. The summed E-state index contributed by atoms with van der Waals surface area (Å²) < 4.78 is 5.88. The first-order valence-corrected chi connectivity index (χ1v) is 9.85. The Kier molecular flexibility index (Phi) is 5.27. The summed E-state index contributed by atoms with van der Waals surface area (Å²) in [5.74, 6) is 1.31. The third kappa shape index (κ3) is 3.07. The van der Waals surface area contributed by atoms with E-state index >= 15 is 0 Å². The van der Waals surface area contributed by atoms with Crippen molar-refractivity contribution in [3.8, 4) is 5.75 Å². The molecule has 0 saturated heterocycles. The maximum Gasteiger partial charge on any atom is 0.182 e. The van der Waals surface area contributed by atoms with Crippen molar-refractivity contribution in [1.82, 2.24) is 4.98 Å². The molecule has 6 nitrogen and oxygen atoms in total. The summed E-state index contributed by atoms with van der Waals surface area (Å²) in [6, 6.07) is 2.09. The third-order valence-corrected chi connectivity index (χ3v) is 5.30. The number of amidine groups is 1. The van der Waals surface area contributed by atoms with E-state index in [0.717, 1.165) is 47.4 Å². The van der Waals surface area contributed by atoms with Crippen LogP contribution < -0.4 is 16.2 Å². The smallest absolute Gasteiger partial charge is 0.182 e. The quantitative estimate of drug-likeness (QED) is 0.687. The molecule has 7 heteroatoms. The molecule has 0 spiro atoms. The van der Waals surface area contributed by atoms with Crippen molar-refractivity contribution in [2.75, 3.05) is 18.1 Å². The summed E-state index contributed by atoms with van der Waals surface area (Å²) in [7, 11) is 0. The molecule has 2 aromatic rings. The third-order valence-electron chi connectivity index (χ3n) is 4.39. The lowest BCUT2D eigenvalue weighted by Gasteiger charge is -2.18. The molecule has 1 aliphatic heterocycles. The highest BCUT2D eigenvalue weighted by Crippen LogP contribution is 2.39. The second kappa shape index (κ2) is 7.45. The number of hydrogen-bond donors (Lipinski definition) is 3. The fourth-order valence-electron chi connectivity index (χ4n) is 3.45. The Balaban J connectivity index is 2.29. The molecular formula is C19H25N5OS. The molecule has 3 rings (SSSR count). The van der Waals surface area contributed by atoms with Crippen molar-refractivity contribution in [1.29, 1.82) is 5.41 Å². The number of aryl methyl sites for hydroxylation is 1. The Morgan fingerprint density at radius 1 is 1.12 bits per heavy atom. The van der Waals surface area contributed by atoms with Gasteiger partial charge in [0.25, 0.3) is 0 Å². The highest BCUT2D eigenvalue weighted by molar-refractivity contribution is 7.18. The first-order chi connectivity index (χ1) is 12.5. The lowest BCUT2D eigenvalue weighted by molar-refractivity contribution is 0.339. The number of thiazole rings is 1. The van der Waals surface area contributed by atoms with Gasteiger partial charge in [-0.05, 0) is 37.0 Å². The number of nitrogens with two attached hydrogens (primary N) is 2. The maximum absolute atomic E-state index is 8.45. The van der Waals surface area contributed by atoms with Gasteiger partial charge >= 0.3 is 0 Å². The Labute approximate surface area is 157 Å². The second-order valence-corrected chi connectivity index (χ2v) is 7.30. The van der Waals surface area contributed by atoms with Gasteiger partial charge in [0.2, 0.25) is 0 Å². The van der Waals surface area contributed by atoms with E-state index in [1.54, 1.807) is 0 Å². The summed E-state index contributed by atoms with van der Waals surface area (Å²) in [5, 5.41) is 8.86. The maximum atomic E-state index is 8.45. The van der Waals surface area contributed by atoms with Gasteiger partial charge in [-0.15, -0.1) is 0 Å². The summed E-state index contributed by atoms with van der Waals surface area (Å²) in [5.41, 5.74) is 16.9. The van der Waals surface area contributed by atoms with Crippen molar-refractivity contribution in [2.24, 2.45) is 4.99 Å². The first-order valence-electron chi connectivity index (χ1n) is 9.03. The van der Waals surface area contributed by atoms with Gasteiger partial charge < -0.3 is 16.2 Å². The molecule has 26 heavy (non-hydrogen) atoms. The minimum atomic E-state index is 0.213. The number of hydrogen-bond acceptors (Lipinski definition) is 6. The molecule has 0 radical (unpaired) electrons. The minimum Gasteiger partial charge on any atom is -0.493 e. The van der Waals surface area contributed by atoms with Crippen LogP contribution in [0.4, 0.5) is 10.9 Å². The van der Waals surface area contributed by atoms with Crippen LogP contribution in [0, 0.1) is 5.41 Å². The number of aliphatic imine (C=N–C) groups is 1. The molecule has 0 fully saturated rings. The van der Waals surface area contributed by atoms with Gasteiger partial charge in [-0.2, -0.15) is 0 Å². The van der Waals surface area contributed by atoms with E-state index in [2.05, 4.69) is 29.9 Å². The lowest BCUT2D eigenvalue weighted by Crippen LogP contribution is -2.11. The van der Waals surface area contributed by atoms with Crippen molar-refractivity contribution >= 4 is 33.8 Å². The average Bonchev–Trinajstić information content (AvgIpc) is 3.10. The standard InChI is InChI=1S/C19H25N5OS/c1-4-7-10-9-12(25-6-3)14-13(11(10)8-5-2)15(23-17(14)20)16-18(21)24-19(22)26-16/h9,20H,4-8,21H2,1-3H3,(H2,22,24). The predicted octanol–water partition coefficient (Wildman–Crippen LogP) is 3.79. The normalized spacial score (nSPS) is 13.0. The van der Waals surface area contributed by atoms with Gasteiger partial charge in [-0.1, -0.05) is 38.0 Å². The van der Waals surface area contributed by atoms with E-state index in [0.29, 0.717) is 23.3 Å².